The van der Waals surface area contributed by atoms with Crippen LogP contribution in [0.4, 0.5) is 0 Å². The van der Waals surface area contributed by atoms with Gasteiger partial charge in [0, 0.05) is 12.7 Å². The van der Waals surface area contributed by atoms with Crippen molar-refractivity contribution in [1.29, 1.82) is 0 Å². The molecule has 1 amide bonds. The van der Waals surface area contributed by atoms with Crippen LogP contribution in [0.3, 0.4) is 0 Å². The lowest BCUT2D eigenvalue weighted by Gasteiger charge is -2.26. The van der Waals surface area contributed by atoms with Crippen LogP contribution in [-0.2, 0) is 6.42 Å². The topological polar surface area (TPSA) is 59.0 Å². The van der Waals surface area contributed by atoms with Gasteiger partial charge in [0.1, 0.15) is 5.69 Å². The van der Waals surface area contributed by atoms with E-state index in [4.69, 9.17) is 0 Å². The van der Waals surface area contributed by atoms with Gasteiger partial charge in [-0.15, -0.1) is 0 Å². The minimum absolute atomic E-state index is 0.0702. The summed E-state index contributed by atoms with van der Waals surface area (Å²) in [5.74, 6) is -0.0702. The zero-order chi connectivity index (χ0) is 16.4. The molecule has 0 spiro atoms. The monoisotopic (exact) mass is 324 g/mol. The van der Waals surface area contributed by atoms with Gasteiger partial charge in [-0.05, 0) is 55.8 Å². The number of nitrogens with zero attached hydrogens (tertiary/aromatic N) is 2. The highest BCUT2D eigenvalue weighted by atomic mass is 16.2. The number of benzene rings is 1. The van der Waals surface area contributed by atoms with E-state index >= 15 is 0 Å². The Kier molecular flexibility index (Phi) is 4.34. The number of fused-ring (bicyclic) bond motifs is 1. The summed E-state index contributed by atoms with van der Waals surface area (Å²) in [6.07, 6.45) is 7.42. The number of aryl methyl sites for hydroxylation is 1. The summed E-state index contributed by atoms with van der Waals surface area (Å²) >= 11 is 0. The first-order valence-corrected chi connectivity index (χ1v) is 8.96. The number of hydrogen-bond donors (Lipinski definition) is 2. The van der Waals surface area contributed by atoms with Gasteiger partial charge in [0.2, 0.25) is 0 Å². The standard InChI is InChI=1S/C19H24N4O/c24-19(18-10-12-23(22-18)15-7-4-11-20-13-15)21-17-9-3-6-14-5-1-2-8-16(14)17/h1-2,5,8,10,12,15,17,20H,3-4,6-7,9,11,13H2,(H,21,24). The Morgan fingerprint density at radius 2 is 2.12 bits per heavy atom. The summed E-state index contributed by atoms with van der Waals surface area (Å²) in [4.78, 5) is 12.6. The molecule has 2 atom stereocenters. The molecule has 2 N–H and O–H groups in total. The quantitative estimate of drug-likeness (QED) is 0.912. The van der Waals surface area contributed by atoms with Crippen molar-refractivity contribution in [2.75, 3.05) is 13.1 Å². The fourth-order valence-electron chi connectivity index (χ4n) is 3.86. The first kappa shape index (κ1) is 15.4. The number of carbonyl (C=O) groups is 1. The molecule has 4 rings (SSSR count). The lowest BCUT2D eigenvalue weighted by atomic mass is 9.88. The molecule has 1 aliphatic heterocycles. The Hall–Kier alpha value is -2.14. The molecular formula is C19H24N4O. The molecule has 5 nitrogen and oxygen atoms in total. The molecule has 0 bridgehead atoms. The zero-order valence-corrected chi connectivity index (χ0v) is 13.9. The second-order valence-corrected chi connectivity index (χ2v) is 6.80. The van der Waals surface area contributed by atoms with Gasteiger partial charge in [-0.2, -0.15) is 5.10 Å². The van der Waals surface area contributed by atoms with Crippen molar-refractivity contribution in [2.24, 2.45) is 0 Å². The van der Waals surface area contributed by atoms with E-state index in [-0.39, 0.29) is 11.9 Å². The third kappa shape index (κ3) is 3.08. The highest BCUT2D eigenvalue weighted by molar-refractivity contribution is 5.92. The molecule has 1 aromatic carbocycles. The summed E-state index contributed by atoms with van der Waals surface area (Å²) in [5.41, 5.74) is 3.13. The Labute approximate surface area is 142 Å². The summed E-state index contributed by atoms with van der Waals surface area (Å²) in [7, 11) is 0. The summed E-state index contributed by atoms with van der Waals surface area (Å²) in [6, 6.07) is 10.7. The number of carbonyl (C=O) groups excluding carboxylic acids is 1. The lowest BCUT2D eigenvalue weighted by Crippen LogP contribution is -2.33. The molecule has 126 valence electrons. The number of nitrogens with one attached hydrogen (secondary N) is 2. The van der Waals surface area contributed by atoms with Crippen LogP contribution in [0.2, 0.25) is 0 Å². The molecule has 1 aliphatic carbocycles. The van der Waals surface area contributed by atoms with E-state index in [1.54, 1.807) is 0 Å². The average Bonchev–Trinajstić information content (AvgIpc) is 3.13. The molecule has 2 heterocycles. The summed E-state index contributed by atoms with van der Waals surface area (Å²) < 4.78 is 1.94. The fraction of sp³-hybridized carbons (Fsp3) is 0.474. The normalized spacial score (nSPS) is 23.5. The van der Waals surface area contributed by atoms with Gasteiger partial charge in [-0.1, -0.05) is 24.3 Å². The van der Waals surface area contributed by atoms with Crippen LogP contribution in [0.25, 0.3) is 0 Å². The highest BCUT2D eigenvalue weighted by Gasteiger charge is 2.23. The van der Waals surface area contributed by atoms with Crippen LogP contribution in [0, 0.1) is 0 Å². The predicted molar refractivity (Wildman–Crippen MR) is 93.0 cm³/mol. The maximum atomic E-state index is 12.6. The number of aromatic nitrogens is 2. The Balaban J connectivity index is 1.46. The number of rotatable bonds is 3. The Morgan fingerprint density at radius 1 is 1.21 bits per heavy atom. The van der Waals surface area contributed by atoms with Crippen LogP contribution in [-0.4, -0.2) is 28.8 Å². The van der Waals surface area contributed by atoms with Crippen LogP contribution in [0.5, 0.6) is 0 Å². The van der Waals surface area contributed by atoms with Gasteiger partial charge in [0.05, 0.1) is 12.1 Å². The van der Waals surface area contributed by atoms with Crippen molar-refractivity contribution in [1.82, 2.24) is 20.4 Å². The van der Waals surface area contributed by atoms with Gasteiger partial charge >= 0.3 is 0 Å². The smallest absolute Gasteiger partial charge is 0.272 e. The molecule has 1 saturated heterocycles. The SMILES string of the molecule is O=C(NC1CCCc2ccccc21)c1ccn(C2CCCNC2)n1. The van der Waals surface area contributed by atoms with E-state index in [9.17, 15) is 4.79 Å². The lowest BCUT2D eigenvalue weighted by molar-refractivity contribution is 0.0926. The molecule has 5 heteroatoms. The molecule has 24 heavy (non-hydrogen) atoms. The summed E-state index contributed by atoms with van der Waals surface area (Å²) in [6.45, 7) is 2.00. The van der Waals surface area contributed by atoms with Gasteiger partial charge < -0.3 is 10.6 Å². The first-order valence-electron chi connectivity index (χ1n) is 8.96. The molecule has 2 unspecified atom stereocenters. The average molecular weight is 324 g/mol. The second kappa shape index (κ2) is 6.77. The Morgan fingerprint density at radius 3 is 3.00 bits per heavy atom. The van der Waals surface area contributed by atoms with Crippen molar-refractivity contribution in [2.45, 2.75) is 44.2 Å². The molecule has 0 radical (unpaired) electrons. The van der Waals surface area contributed by atoms with Crippen LogP contribution < -0.4 is 10.6 Å². The molecule has 1 aromatic heterocycles. The first-order chi connectivity index (χ1) is 11.8. The maximum absolute atomic E-state index is 12.6. The van der Waals surface area contributed by atoms with Gasteiger partial charge in [0.25, 0.3) is 5.91 Å². The van der Waals surface area contributed by atoms with Crippen LogP contribution in [0.15, 0.2) is 36.5 Å². The molecule has 0 saturated carbocycles. The Bertz CT molecular complexity index is 718. The largest absolute Gasteiger partial charge is 0.344 e. The third-order valence-electron chi connectivity index (χ3n) is 5.16. The van der Waals surface area contributed by atoms with E-state index in [1.807, 2.05) is 23.0 Å². The van der Waals surface area contributed by atoms with E-state index < -0.39 is 0 Å². The van der Waals surface area contributed by atoms with E-state index in [0.29, 0.717) is 11.7 Å². The summed E-state index contributed by atoms with van der Waals surface area (Å²) in [5, 5.41) is 11.1. The fourth-order valence-corrected chi connectivity index (χ4v) is 3.86. The molecule has 1 fully saturated rings. The second-order valence-electron chi connectivity index (χ2n) is 6.80. The van der Waals surface area contributed by atoms with Crippen molar-refractivity contribution < 1.29 is 4.79 Å². The van der Waals surface area contributed by atoms with Gasteiger partial charge in [-0.25, -0.2) is 0 Å². The minimum atomic E-state index is -0.0702. The van der Waals surface area contributed by atoms with Crippen LogP contribution >= 0.6 is 0 Å². The number of piperidine rings is 1. The van der Waals surface area contributed by atoms with Crippen molar-refractivity contribution in [3.8, 4) is 0 Å². The zero-order valence-electron chi connectivity index (χ0n) is 13.9. The van der Waals surface area contributed by atoms with Crippen molar-refractivity contribution in [3.05, 3.63) is 53.3 Å². The van der Waals surface area contributed by atoms with Gasteiger partial charge in [0.15, 0.2) is 0 Å². The van der Waals surface area contributed by atoms with Crippen LogP contribution in [0.1, 0.15) is 59.4 Å². The van der Waals surface area contributed by atoms with Crippen molar-refractivity contribution >= 4 is 5.91 Å². The van der Waals surface area contributed by atoms with E-state index in [0.717, 1.165) is 45.2 Å². The van der Waals surface area contributed by atoms with E-state index in [2.05, 4.69) is 33.9 Å². The molecular weight excluding hydrogens is 300 g/mol. The van der Waals surface area contributed by atoms with E-state index in [1.165, 1.54) is 11.1 Å². The van der Waals surface area contributed by atoms with Gasteiger partial charge in [-0.3, -0.25) is 9.48 Å². The maximum Gasteiger partial charge on any atom is 0.272 e. The number of amides is 1. The minimum Gasteiger partial charge on any atom is -0.344 e. The van der Waals surface area contributed by atoms with Crippen molar-refractivity contribution in [3.63, 3.8) is 0 Å². The number of hydrogen-bond acceptors (Lipinski definition) is 3. The third-order valence-corrected chi connectivity index (χ3v) is 5.16. The highest BCUT2D eigenvalue weighted by Crippen LogP contribution is 2.29. The molecule has 2 aromatic rings. The predicted octanol–water partition coefficient (Wildman–Crippen LogP) is 2.62. The molecule has 2 aliphatic rings.